The summed E-state index contributed by atoms with van der Waals surface area (Å²) in [6.07, 6.45) is -1.89. The van der Waals surface area contributed by atoms with Crippen LogP contribution in [0.3, 0.4) is 0 Å². The maximum absolute atomic E-state index is 13.1. The summed E-state index contributed by atoms with van der Waals surface area (Å²) in [5.74, 6) is 0.519. The van der Waals surface area contributed by atoms with Crippen LogP contribution in [-0.4, -0.2) is 39.2 Å². The summed E-state index contributed by atoms with van der Waals surface area (Å²) in [5, 5.41) is 19.4. The number of ether oxygens (including phenoxy) is 1. The largest absolute Gasteiger partial charge is 0.487 e. The zero-order valence-corrected chi connectivity index (χ0v) is 16.7. The monoisotopic (exact) mass is 435 g/mol. The molecule has 8 nitrogen and oxygen atoms in total. The van der Waals surface area contributed by atoms with Crippen molar-refractivity contribution in [3.63, 3.8) is 0 Å². The number of halogens is 3. The van der Waals surface area contributed by atoms with Crippen LogP contribution in [0, 0.1) is 10.1 Å². The fourth-order valence-corrected chi connectivity index (χ4v) is 3.90. The van der Waals surface area contributed by atoms with Gasteiger partial charge in [0, 0.05) is 43.0 Å². The number of benzene rings is 1. The topological polar surface area (TPSA) is 85.8 Å². The summed E-state index contributed by atoms with van der Waals surface area (Å²) in [6, 6.07) is 7.00. The van der Waals surface area contributed by atoms with E-state index in [1.165, 1.54) is 16.5 Å². The van der Waals surface area contributed by atoms with Crippen LogP contribution in [0.5, 0.6) is 5.75 Å². The lowest BCUT2D eigenvalue weighted by Crippen LogP contribution is -2.35. The standard InChI is InChI=1S/C20H20F3N5O3/c1-2-31-17-10-15(6-7-16(17)28(29)30)26-9-3-4-13(11-26)19-25-24-18-8-5-14(12-27(18)19)20(21,22)23/h5-8,10,12-13H,2-4,9,11H2,1H3. The molecule has 1 saturated heterocycles. The summed E-state index contributed by atoms with van der Waals surface area (Å²) in [7, 11) is 0. The van der Waals surface area contributed by atoms with Crippen molar-refractivity contribution in [1.82, 2.24) is 14.6 Å². The van der Waals surface area contributed by atoms with Crippen LogP contribution in [0.25, 0.3) is 5.65 Å². The minimum absolute atomic E-state index is 0.109. The average Bonchev–Trinajstić information content (AvgIpc) is 3.16. The number of piperidine rings is 1. The van der Waals surface area contributed by atoms with Crippen molar-refractivity contribution < 1.29 is 22.8 Å². The number of alkyl halides is 3. The number of anilines is 1. The van der Waals surface area contributed by atoms with Crippen LogP contribution >= 0.6 is 0 Å². The highest BCUT2D eigenvalue weighted by Gasteiger charge is 2.32. The van der Waals surface area contributed by atoms with E-state index in [0.29, 0.717) is 31.2 Å². The Balaban J connectivity index is 1.64. The number of hydrogen-bond acceptors (Lipinski definition) is 6. The van der Waals surface area contributed by atoms with Crippen molar-refractivity contribution in [2.75, 3.05) is 24.6 Å². The molecule has 0 spiro atoms. The van der Waals surface area contributed by atoms with Crippen LogP contribution in [0.2, 0.25) is 0 Å². The predicted octanol–water partition coefficient (Wildman–Crippen LogP) is 4.44. The zero-order valence-electron chi connectivity index (χ0n) is 16.7. The number of nitro groups is 1. The molecule has 1 fully saturated rings. The van der Waals surface area contributed by atoms with Gasteiger partial charge in [-0.1, -0.05) is 0 Å². The third kappa shape index (κ3) is 4.12. The molecule has 4 rings (SSSR count). The van der Waals surface area contributed by atoms with Crippen LogP contribution in [0.15, 0.2) is 36.5 Å². The minimum Gasteiger partial charge on any atom is -0.487 e. The van der Waals surface area contributed by atoms with Gasteiger partial charge in [0.05, 0.1) is 17.1 Å². The van der Waals surface area contributed by atoms with Gasteiger partial charge in [0.1, 0.15) is 5.82 Å². The Bertz CT molecular complexity index is 1120. The molecule has 1 unspecified atom stereocenters. The minimum atomic E-state index is -4.46. The Morgan fingerprint density at radius 3 is 2.77 bits per heavy atom. The van der Waals surface area contributed by atoms with Crippen molar-refractivity contribution in [2.24, 2.45) is 0 Å². The van der Waals surface area contributed by atoms with Gasteiger partial charge < -0.3 is 9.64 Å². The molecule has 1 aliphatic heterocycles. The Labute approximate surface area is 175 Å². The first-order valence-corrected chi connectivity index (χ1v) is 9.86. The molecule has 3 heterocycles. The number of pyridine rings is 1. The Morgan fingerprint density at radius 1 is 1.26 bits per heavy atom. The third-order valence-electron chi connectivity index (χ3n) is 5.35. The quantitative estimate of drug-likeness (QED) is 0.435. The van der Waals surface area contributed by atoms with Crippen LogP contribution in [-0.2, 0) is 6.18 Å². The van der Waals surface area contributed by atoms with E-state index in [0.717, 1.165) is 30.8 Å². The van der Waals surface area contributed by atoms with Crippen molar-refractivity contribution in [2.45, 2.75) is 31.9 Å². The molecule has 11 heteroatoms. The van der Waals surface area contributed by atoms with Gasteiger partial charge in [-0.2, -0.15) is 13.2 Å². The maximum Gasteiger partial charge on any atom is 0.417 e. The summed E-state index contributed by atoms with van der Waals surface area (Å²) in [4.78, 5) is 12.8. The number of fused-ring (bicyclic) bond motifs is 1. The van der Waals surface area contributed by atoms with Crippen molar-refractivity contribution in [3.8, 4) is 5.75 Å². The normalized spacial score (nSPS) is 17.2. The number of aromatic nitrogens is 3. The number of rotatable bonds is 5. The molecule has 0 amide bonds. The first-order valence-electron chi connectivity index (χ1n) is 9.86. The molecule has 1 aromatic carbocycles. The zero-order chi connectivity index (χ0) is 22.2. The molecule has 0 N–H and O–H groups in total. The van der Waals surface area contributed by atoms with Gasteiger partial charge in [-0.25, -0.2) is 0 Å². The maximum atomic E-state index is 13.1. The molecule has 164 valence electrons. The molecule has 1 atom stereocenters. The summed E-state index contributed by atoms with van der Waals surface area (Å²) in [6.45, 7) is 3.25. The molecule has 0 bridgehead atoms. The first kappa shape index (κ1) is 20.9. The SMILES string of the molecule is CCOc1cc(N2CCCC(c3nnc4ccc(C(F)(F)F)cn34)C2)ccc1[N+](=O)[O-]. The summed E-state index contributed by atoms with van der Waals surface area (Å²) >= 11 is 0. The van der Waals surface area contributed by atoms with Crippen molar-refractivity contribution in [1.29, 1.82) is 0 Å². The van der Waals surface area contributed by atoms with Gasteiger partial charge in [-0.05, 0) is 38.0 Å². The molecular formula is C20H20F3N5O3. The molecular weight excluding hydrogens is 415 g/mol. The van der Waals surface area contributed by atoms with E-state index in [4.69, 9.17) is 4.74 Å². The Kier molecular flexibility index (Phi) is 5.42. The molecule has 0 saturated carbocycles. The lowest BCUT2D eigenvalue weighted by atomic mass is 9.96. The highest BCUT2D eigenvalue weighted by Crippen LogP contribution is 2.36. The smallest absolute Gasteiger partial charge is 0.417 e. The van der Waals surface area contributed by atoms with Crippen LogP contribution in [0.4, 0.5) is 24.5 Å². The van der Waals surface area contributed by atoms with Gasteiger partial charge >= 0.3 is 11.9 Å². The fraction of sp³-hybridized carbons (Fsp3) is 0.400. The van der Waals surface area contributed by atoms with Crippen molar-refractivity contribution >= 4 is 17.0 Å². The first-order chi connectivity index (χ1) is 14.8. The molecule has 2 aromatic heterocycles. The second-order valence-corrected chi connectivity index (χ2v) is 7.33. The predicted molar refractivity (Wildman–Crippen MR) is 106 cm³/mol. The van der Waals surface area contributed by atoms with E-state index >= 15 is 0 Å². The Hall–Kier alpha value is -3.37. The lowest BCUT2D eigenvalue weighted by Gasteiger charge is -2.33. The van der Waals surface area contributed by atoms with Gasteiger partial charge in [0.2, 0.25) is 0 Å². The van der Waals surface area contributed by atoms with Gasteiger partial charge in [-0.3, -0.25) is 14.5 Å². The van der Waals surface area contributed by atoms with E-state index < -0.39 is 16.7 Å². The van der Waals surface area contributed by atoms with Crippen LogP contribution < -0.4 is 9.64 Å². The summed E-state index contributed by atoms with van der Waals surface area (Å²) < 4.78 is 46.3. The van der Waals surface area contributed by atoms with Gasteiger partial charge in [0.15, 0.2) is 11.4 Å². The number of hydrogen-bond donors (Lipinski definition) is 0. The van der Waals surface area contributed by atoms with Gasteiger partial charge in [0.25, 0.3) is 0 Å². The second-order valence-electron chi connectivity index (χ2n) is 7.33. The molecule has 31 heavy (non-hydrogen) atoms. The Morgan fingerprint density at radius 2 is 2.06 bits per heavy atom. The molecule has 1 aliphatic rings. The lowest BCUT2D eigenvalue weighted by molar-refractivity contribution is -0.385. The molecule has 0 aliphatic carbocycles. The third-order valence-corrected chi connectivity index (χ3v) is 5.35. The van der Waals surface area contributed by atoms with E-state index in [1.807, 2.05) is 4.90 Å². The highest BCUT2D eigenvalue weighted by atomic mass is 19.4. The fourth-order valence-electron chi connectivity index (χ4n) is 3.90. The summed E-state index contributed by atoms with van der Waals surface area (Å²) in [5.41, 5.74) is 0.241. The molecule has 3 aromatic rings. The van der Waals surface area contributed by atoms with E-state index in [2.05, 4.69) is 10.2 Å². The number of nitro benzene ring substituents is 1. The average molecular weight is 435 g/mol. The highest BCUT2D eigenvalue weighted by molar-refractivity contribution is 5.59. The van der Waals surface area contributed by atoms with Crippen LogP contribution in [0.1, 0.15) is 37.1 Å². The van der Waals surface area contributed by atoms with Crippen molar-refractivity contribution in [3.05, 3.63) is 58.0 Å². The van der Waals surface area contributed by atoms with E-state index in [1.54, 1.807) is 19.1 Å². The van der Waals surface area contributed by atoms with E-state index in [-0.39, 0.29) is 17.4 Å². The number of nitrogens with zero attached hydrogens (tertiary/aromatic N) is 5. The van der Waals surface area contributed by atoms with E-state index in [9.17, 15) is 23.3 Å². The van der Waals surface area contributed by atoms with Gasteiger partial charge in [-0.15, -0.1) is 10.2 Å². The molecule has 0 radical (unpaired) electrons. The second kappa shape index (κ2) is 8.05.